The zero-order valence-electron chi connectivity index (χ0n) is 17.1. The van der Waals surface area contributed by atoms with Crippen molar-refractivity contribution in [2.45, 2.75) is 26.4 Å². The molecule has 0 aliphatic rings. The van der Waals surface area contributed by atoms with Gasteiger partial charge in [-0.25, -0.2) is 0 Å². The summed E-state index contributed by atoms with van der Waals surface area (Å²) in [4.78, 5) is 22.9. The Labute approximate surface area is 171 Å². The van der Waals surface area contributed by atoms with Crippen LogP contribution in [0.5, 0.6) is 11.5 Å². The first-order chi connectivity index (χ1) is 14.0. The molecule has 2 rings (SSSR count). The molecule has 0 spiro atoms. The summed E-state index contributed by atoms with van der Waals surface area (Å²) in [7, 11) is 2.93. The number of nitrogens with one attached hydrogen (secondary N) is 1. The maximum atomic E-state index is 11.9. The van der Waals surface area contributed by atoms with E-state index in [1.54, 1.807) is 13.2 Å². The number of amides is 1. The fraction of sp³-hybridized carbons (Fsp3) is 0.304. The fourth-order valence-electron chi connectivity index (χ4n) is 2.61. The minimum absolute atomic E-state index is 0.228. The van der Waals surface area contributed by atoms with Crippen LogP contribution in [0, 0.1) is 6.92 Å². The van der Waals surface area contributed by atoms with Gasteiger partial charge in [0.25, 0.3) is 0 Å². The summed E-state index contributed by atoms with van der Waals surface area (Å²) in [6.07, 6.45) is 3.96. The Hall–Kier alpha value is -3.28. The van der Waals surface area contributed by atoms with Gasteiger partial charge >= 0.3 is 5.97 Å². The summed E-state index contributed by atoms with van der Waals surface area (Å²) < 4.78 is 15.9. The van der Waals surface area contributed by atoms with E-state index in [1.165, 1.54) is 18.7 Å². The van der Waals surface area contributed by atoms with E-state index < -0.39 is 0 Å². The second-order valence-corrected chi connectivity index (χ2v) is 6.43. The highest BCUT2D eigenvalue weighted by atomic mass is 16.5. The summed E-state index contributed by atoms with van der Waals surface area (Å²) in [5.41, 5.74) is 3.10. The molecule has 0 fully saturated rings. The lowest BCUT2D eigenvalue weighted by molar-refractivity contribution is -0.140. The van der Waals surface area contributed by atoms with Crippen molar-refractivity contribution in [3.05, 3.63) is 65.2 Å². The van der Waals surface area contributed by atoms with Crippen molar-refractivity contribution in [1.29, 1.82) is 0 Å². The van der Waals surface area contributed by atoms with Gasteiger partial charge in [-0.1, -0.05) is 30.3 Å². The number of methoxy groups -OCH3 is 2. The van der Waals surface area contributed by atoms with Gasteiger partial charge in [-0.3, -0.25) is 9.59 Å². The Balaban J connectivity index is 1.90. The van der Waals surface area contributed by atoms with Gasteiger partial charge in [0.2, 0.25) is 5.91 Å². The van der Waals surface area contributed by atoms with E-state index in [2.05, 4.69) is 10.1 Å². The van der Waals surface area contributed by atoms with Crippen LogP contribution in [0.4, 0.5) is 0 Å². The Morgan fingerprint density at radius 3 is 2.59 bits per heavy atom. The lowest BCUT2D eigenvalue weighted by atomic mass is 10.1. The summed E-state index contributed by atoms with van der Waals surface area (Å²) in [6, 6.07) is 13.6. The van der Waals surface area contributed by atoms with E-state index in [0.717, 1.165) is 11.1 Å². The van der Waals surface area contributed by atoms with Crippen LogP contribution in [0.3, 0.4) is 0 Å². The van der Waals surface area contributed by atoms with Crippen LogP contribution >= 0.6 is 0 Å². The van der Waals surface area contributed by atoms with Crippen molar-refractivity contribution in [2.75, 3.05) is 20.8 Å². The van der Waals surface area contributed by atoms with Crippen LogP contribution < -0.4 is 14.8 Å². The van der Waals surface area contributed by atoms with Crippen molar-refractivity contribution in [3.63, 3.8) is 0 Å². The van der Waals surface area contributed by atoms with Crippen LogP contribution in [0.25, 0.3) is 6.08 Å². The number of hydrogen-bond acceptors (Lipinski definition) is 5. The number of ether oxygens (including phenoxy) is 3. The van der Waals surface area contributed by atoms with Gasteiger partial charge in [-0.15, -0.1) is 0 Å². The monoisotopic (exact) mass is 397 g/mol. The Morgan fingerprint density at radius 2 is 1.86 bits per heavy atom. The summed E-state index contributed by atoms with van der Waals surface area (Å²) in [5.74, 6) is 0.722. The minimum Gasteiger partial charge on any atom is -0.493 e. The zero-order chi connectivity index (χ0) is 21.1. The highest BCUT2D eigenvalue weighted by Crippen LogP contribution is 2.29. The molecule has 0 radical (unpaired) electrons. The summed E-state index contributed by atoms with van der Waals surface area (Å²) in [5, 5.41) is 2.73. The lowest BCUT2D eigenvalue weighted by Gasteiger charge is -2.12. The second-order valence-electron chi connectivity index (χ2n) is 6.43. The number of carbonyl (C=O) groups is 2. The average molecular weight is 397 g/mol. The molecule has 0 aliphatic heterocycles. The van der Waals surface area contributed by atoms with Crippen molar-refractivity contribution < 1.29 is 23.8 Å². The third-order valence-electron chi connectivity index (χ3n) is 4.34. The molecule has 29 heavy (non-hydrogen) atoms. The topological polar surface area (TPSA) is 73.9 Å². The number of aryl methyl sites for hydroxylation is 1. The van der Waals surface area contributed by atoms with E-state index in [1.807, 2.05) is 49.4 Å². The van der Waals surface area contributed by atoms with Crippen LogP contribution in [0.1, 0.15) is 29.5 Å². The van der Waals surface area contributed by atoms with Gasteiger partial charge in [-0.05, 0) is 48.2 Å². The molecule has 0 heterocycles. The molecule has 6 nitrogen and oxygen atoms in total. The summed E-state index contributed by atoms with van der Waals surface area (Å²) >= 11 is 0. The maximum Gasteiger partial charge on any atom is 0.305 e. The lowest BCUT2D eigenvalue weighted by Crippen LogP contribution is -2.22. The highest BCUT2D eigenvalue weighted by molar-refractivity contribution is 5.91. The Kier molecular flexibility index (Phi) is 8.76. The van der Waals surface area contributed by atoms with E-state index in [9.17, 15) is 9.59 Å². The van der Waals surface area contributed by atoms with Crippen LogP contribution in [0.15, 0.2) is 48.5 Å². The van der Waals surface area contributed by atoms with Crippen molar-refractivity contribution in [1.82, 2.24) is 5.32 Å². The van der Waals surface area contributed by atoms with Gasteiger partial charge in [0.05, 0.1) is 14.2 Å². The summed E-state index contributed by atoms with van der Waals surface area (Å²) in [6.45, 7) is 2.91. The number of hydrogen-bond donors (Lipinski definition) is 1. The molecule has 0 atom stereocenters. The van der Waals surface area contributed by atoms with E-state index >= 15 is 0 Å². The Morgan fingerprint density at radius 1 is 1.07 bits per heavy atom. The zero-order valence-corrected chi connectivity index (χ0v) is 17.1. The number of carbonyl (C=O) groups excluding carboxylic acids is 2. The van der Waals surface area contributed by atoms with E-state index in [-0.39, 0.29) is 18.3 Å². The second kappa shape index (κ2) is 11.5. The average Bonchev–Trinajstić information content (AvgIpc) is 2.74. The first-order valence-electron chi connectivity index (χ1n) is 9.41. The molecule has 6 heteroatoms. The number of benzene rings is 2. The molecular formula is C23H27NO5. The first kappa shape index (κ1) is 22.0. The van der Waals surface area contributed by atoms with Gasteiger partial charge in [0.15, 0.2) is 11.5 Å². The molecule has 2 aromatic carbocycles. The molecule has 0 bridgehead atoms. The SMILES string of the molecule is COC(=O)CCCNC(=O)/C=C/c1ccc(OCc2ccccc2C)c(OC)c1. The normalized spacial score (nSPS) is 10.6. The number of rotatable bonds is 10. The third-order valence-corrected chi connectivity index (χ3v) is 4.34. The molecule has 0 saturated heterocycles. The molecule has 1 amide bonds. The smallest absolute Gasteiger partial charge is 0.305 e. The Bertz CT molecular complexity index is 860. The molecule has 0 aliphatic carbocycles. The van der Waals surface area contributed by atoms with E-state index in [4.69, 9.17) is 9.47 Å². The molecule has 0 aromatic heterocycles. The fourth-order valence-corrected chi connectivity index (χ4v) is 2.61. The predicted octanol–water partition coefficient (Wildman–Crippen LogP) is 3.67. The van der Waals surface area contributed by atoms with Crippen molar-refractivity contribution in [2.24, 2.45) is 0 Å². The van der Waals surface area contributed by atoms with Crippen molar-refractivity contribution in [3.8, 4) is 11.5 Å². The largest absolute Gasteiger partial charge is 0.493 e. The molecule has 2 aromatic rings. The quantitative estimate of drug-likeness (QED) is 0.376. The van der Waals surface area contributed by atoms with Crippen LogP contribution in [0.2, 0.25) is 0 Å². The highest BCUT2D eigenvalue weighted by Gasteiger charge is 2.07. The third kappa shape index (κ3) is 7.33. The van der Waals surface area contributed by atoms with Crippen LogP contribution in [-0.4, -0.2) is 32.6 Å². The molecule has 154 valence electrons. The molecule has 0 unspecified atom stereocenters. The molecule has 1 N–H and O–H groups in total. The number of esters is 1. The predicted molar refractivity (Wildman–Crippen MR) is 112 cm³/mol. The van der Waals surface area contributed by atoms with Crippen molar-refractivity contribution >= 4 is 18.0 Å². The standard InChI is InChI=1S/C23H27NO5/c1-17-7-4-5-8-19(17)16-29-20-12-10-18(15-21(20)27-2)11-13-22(25)24-14-6-9-23(26)28-3/h4-5,7-8,10-13,15H,6,9,14,16H2,1-3H3,(H,24,25)/b13-11+. The van der Waals surface area contributed by atoms with Gasteiger partial charge in [0, 0.05) is 19.0 Å². The first-order valence-corrected chi connectivity index (χ1v) is 9.41. The molecule has 0 saturated carbocycles. The van der Waals surface area contributed by atoms with Gasteiger partial charge in [0.1, 0.15) is 6.61 Å². The molecular weight excluding hydrogens is 370 g/mol. The van der Waals surface area contributed by atoms with Crippen LogP contribution in [-0.2, 0) is 20.9 Å². The van der Waals surface area contributed by atoms with Gasteiger partial charge < -0.3 is 19.5 Å². The maximum absolute atomic E-state index is 11.9. The van der Waals surface area contributed by atoms with E-state index in [0.29, 0.717) is 31.1 Å². The van der Waals surface area contributed by atoms with Gasteiger partial charge in [-0.2, -0.15) is 0 Å². The minimum atomic E-state index is -0.286.